The van der Waals surface area contributed by atoms with Gasteiger partial charge in [-0.1, -0.05) is 53.2 Å². The Morgan fingerprint density at radius 1 is 0.871 bits per heavy atom. The van der Waals surface area contributed by atoms with Crippen LogP contribution in [-0.2, 0) is 5.75 Å². The largest absolute Gasteiger partial charge is 0.497 e. The van der Waals surface area contributed by atoms with Crippen LogP contribution >= 0.6 is 35.0 Å². The number of benzene rings is 3. The molecule has 0 aliphatic carbocycles. The van der Waals surface area contributed by atoms with Crippen LogP contribution in [0.15, 0.2) is 71.9 Å². The first-order valence-corrected chi connectivity index (χ1v) is 11.1. The Balaban J connectivity index is 1.75. The standard InChI is InChI=1S/C23H19Cl2N3O2S/c1-29-18-10-7-15(8-11-18)22-26-27-23(28(22)17-9-12-19(24)20(25)13-17)31-14-16-5-3-4-6-21(16)30-2/h3-13H,14H2,1-2H3. The number of thioether (sulfide) groups is 1. The molecular formula is C23H19Cl2N3O2S. The van der Waals surface area contributed by atoms with Crippen LogP contribution in [-0.4, -0.2) is 29.0 Å². The highest BCUT2D eigenvalue weighted by Gasteiger charge is 2.18. The molecule has 0 amide bonds. The van der Waals surface area contributed by atoms with Crippen molar-refractivity contribution in [2.45, 2.75) is 10.9 Å². The molecule has 1 aromatic heterocycles. The topological polar surface area (TPSA) is 49.2 Å². The fraction of sp³-hybridized carbons (Fsp3) is 0.130. The van der Waals surface area contributed by atoms with Crippen molar-refractivity contribution in [3.05, 3.63) is 82.3 Å². The maximum absolute atomic E-state index is 6.31. The van der Waals surface area contributed by atoms with E-state index in [-0.39, 0.29) is 0 Å². The number of hydrogen-bond acceptors (Lipinski definition) is 5. The molecule has 0 aliphatic rings. The van der Waals surface area contributed by atoms with Gasteiger partial charge in [0.2, 0.25) is 0 Å². The Morgan fingerprint density at radius 2 is 1.65 bits per heavy atom. The summed E-state index contributed by atoms with van der Waals surface area (Å²) in [6, 6.07) is 21.1. The van der Waals surface area contributed by atoms with Crippen molar-refractivity contribution in [1.82, 2.24) is 14.8 Å². The second-order valence-electron chi connectivity index (χ2n) is 6.57. The monoisotopic (exact) mass is 471 g/mol. The second kappa shape index (κ2) is 9.64. The summed E-state index contributed by atoms with van der Waals surface area (Å²) in [7, 11) is 3.31. The highest BCUT2D eigenvalue weighted by molar-refractivity contribution is 7.98. The summed E-state index contributed by atoms with van der Waals surface area (Å²) in [5.41, 5.74) is 2.81. The van der Waals surface area contributed by atoms with Crippen LogP contribution in [0.4, 0.5) is 0 Å². The number of para-hydroxylation sites is 1. The van der Waals surface area contributed by atoms with E-state index in [0.29, 0.717) is 21.6 Å². The summed E-state index contributed by atoms with van der Waals surface area (Å²) in [6.45, 7) is 0. The van der Waals surface area contributed by atoms with Crippen molar-refractivity contribution in [2.24, 2.45) is 0 Å². The fourth-order valence-electron chi connectivity index (χ4n) is 3.11. The molecule has 0 spiro atoms. The normalized spacial score (nSPS) is 10.8. The van der Waals surface area contributed by atoms with Crippen molar-refractivity contribution >= 4 is 35.0 Å². The van der Waals surface area contributed by atoms with Gasteiger partial charge in [-0.15, -0.1) is 10.2 Å². The lowest BCUT2D eigenvalue weighted by Crippen LogP contribution is -2.00. The van der Waals surface area contributed by atoms with Gasteiger partial charge < -0.3 is 9.47 Å². The Bertz CT molecular complexity index is 1200. The molecule has 0 N–H and O–H groups in total. The van der Waals surface area contributed by atoms with Gasteiger partial charge in [0.05, 0.1) is 30.0 Å². The van der Waals surface area contributed by atoms with E-state index >= 15 is 0 Å². The lowest BCUT2D eigenvalue weighted by atomic mass is 10.2. The molecule has 0 radical (unpaired) electrons. The number of methoxy groups -OCH3 is 2. The molecule has 3 aromatic carbocycles. The van der Waals surface area contributed by atoms with E-state index in [0.717, 1.165) is 33.5 Å². The van der Waals surface area contributed by atoms with Gasteiger partial charge in [-0.3, -0.25) is 4.57 Å². The quantitative estimate of drug-likeness (QED) is 0.286. The lowest BCUT2D eigenvalue weighted by molar-refractivity contribution is 0.411. The SMILES string of the molecule is COc1ccc(-c2nnc(SCc3ccccc3OC)n2-c2ccc(Cl)c(Cl)c2)cc1. The van der Waals surface area contributed by atoms with E-state index in [1.807, 2.05) is 65.2 Å². The number of nitrogens with zero attached hydrogens (tertiary/aromatic N) is 3. The summed E-state index contributed by atoms with van der Waals surface area (Å²) in [6.07, 6.45) is 0. The third-order valence-electron chi connectivity index (χ3n) is 4.69. The number of halogens is 2. The van der Waals surface area contributed by atoms with Crippen LogP contribution in [0.1, 0.15) is 5.56 Å². The molecule has 5 nitrogen and oxygen atoms in total. The average Bonchev–Trinajstić information content (AvgIpc) is 3.23. The first-order valence-electron chi connectivity index (χ1n) is 9.40. The predicted octanol–water partition coefficient (Wildman–Crippen LogP) is 6.55. The summed E-state index contributed by atoms with van der Waals surface area (Å²) in [5, 5.41) is 10.6. The molecular weight excluding hydrogens is 453 g/mol. The van der Waals surface area contributed by atoms with Crippen molar-refractivity contribution in [1.29, 1.82) is 0 Å². The molecule has 1 heterocycles. The molecule has 0 saturated carbocycles. The Morgan fingerprint density at radius 3 is 2.35 bits per heavy atom. The lowest BCUT2D eigenvalue weighted by Gasteiger charge is -2.12. The zero-order valence-electron chi connectivity index (χ0n) is 16.9. The van der Waals surface area contributed by atoms with Gasteiger partial charge in [-0.25, -0.2) is 0 Å². The minimum atomic E-state index is 0.467. The highest BCUT2D eigenvalue weighted by Crippen LogP contribution is 2.34. The first kappa shape index (κ1) is 21.6. The third kappa shape index (κ3) is 4.66. The van der Waals surface area contributed by atoms with Crippen LogP contribution in [0.25, 0.3) is 17.1 Å². The maximum Gasteiger partial charge on any atom is 0.196 e. The molecule has 31 heavy (non-hydrogen) atoms. The van der Waals surface area contributed by atoms with Crippen LogP contribution in [0.5, 0.6) is 11.5 Å². The number of rotatable bonds is 7. The number of hydrogen-bond donors (Lipinski definition) is 0. The van der Waals surface area contributed by atoms with E-state index in [9.17, 15) is 0 Å². The second-order valence-corrected chi connectivity index (χ2v) is 8.33. The summed E-state index contributed by atoms with van der Waals surface area (Å²) in [5.74, 6) is 2.98. The molecule has 0 atom stereocenters. The Kier molecular flexibility index (Phi) is 6.70. The van der Waals surface area contributed by atoms with Gasteiger partial charge in [0.25, 0.3) is 0 Å². The smallest absolute Gasteiger partial charge is 0.196 e. The first-order chi connectivity index (χ1) is 15.1. The van der Waals surface area contributed by atoms with Crippen molar-refractivity contribution in [2.75, 3.05) is 14.2 Å². The van der Waals surface area contributed by atoms with Gasteiger partial charge in [0.15, 0.2) is 11.0 Å². The minimum absolute atomic E-state index is 0.467. The zero-order chi connectivity index (χ0) is 21.8. The van der Waals surface area contributed by atoms with E-state index in [1.165, 1.54) is 0 Å². The molecule has 0 aliphatic heterocycles. The molecule has 0 bridgehead atoms. The van der Waals surface area contributed by atoms with Crippen molar-refractivity contribution in [3.8, 4) is 28.6 Å². The third-order valence-corrected chi connectivity index (χ3v) is 6.41. The van der Waals surface area contributed by atoms with Gasteiger partial charge >= 0.3 is 0 Å². The fourth-order valence-corrected chi connectivity index (χ4v) is 4.35. The van der Waals surface area contributed by atoms with E-state index in [2.05, 4.69) is 10.2 Å². The van der Waals surface area contributed by atoms with E-state index < -0.39 is 0 Å². The van der Waals surface area contributed by atoms with Crippen molar-refractivity contribution in [3.63, 3.8) is 0 Å². The average molecular weight is 472 g/mol. The maximum atomic E-state index is 6.31. The van der Waals surface area contributed by atoms with Gasteiger partial charge in [0, 0.05) is 16.9 Å². The van der Waals surface area contributed by atoms with Crippen LogP contribution < -0.4 is 9.47 Å². The molecule has 0 saturated heterocycles. The zero-order valence-corrected chi connectivity index (χ0v) is 19.2. The highest BCUT2D eigenvalue weighted by atomic mass is 35.5. The van der Waals surface area contributed by atoms with Crippen LogP contribution in [0.2, 0.25) is 10.0 Å². The predicted molar refractivity (Wildman–Crippen MR) is 126 cm³/mol. The molecule has 0 fully saturated rings. The Hall–Kier alpha value is -2.67. The summed E-state index contributed by atoms with van der Waals surface area (Å²) >= 11 is 14.0. The number of aromatic nitrogens is 3. The number of ether oxygens (including phenoxy) is 2. The van der Waals surface area contributed by atoms with E-state index in [4.69, 9.17) is 32.7 Å². The molecule has 158 valence electrons. The summed E-state index contributed by atoms with van der Waals surface area (Å²) < 4.78 is 12.7. The Labute approximate surface area is 194 Å². The summed E-state index contributed by atoms with van der Waals surface area (Å²) in [4.78, 5) is 0. The van der Waals surface area contributed by atoms with Gasteiger partial charge in [-0.2, -0.15) is 0 Å². The van der Waals surface area contributed by atoms with Crippen molar-refractivity contribution < 1.29 is 9.47 Å². The molecule has 4 aromatic rings. The molecule has 0 unspecified atom stereocenters. The van der Waals surface area contributed by atoms with Gasteiger partial charge in [-0.05, 0) is 48.5 Å². The van der Waals surface area contributed by atoms with Crippen LogP contribution in [0, 0.1) is 0 Å². The molecule has 8 heteroatoms. The van der Waals surface area contributed by atoms with Gasteiger partial charge in [0.1, 0.15) is 11.5 Å². The minimum Gasteiger partial charge on any atom is -0.497 e. The van der Waals surface area contributed by atoms with E-state index in [1.54, 1.807) is 32.0 Å². The van der Waals surface area contributed by atoms with Crippen LogP contribution in [0.3, 0.4) is 0 Å². The molecule has 4 rings (SSSR count).